The first-order chi connectivity index (χ1) is 8.52. The third-order valence-corrected chi connectivity index (χ3v) is 2.91. The van der Waals surface area contributed by atoms with Crippen LogP contribution >= 0.6 is 0 Å². The lowest BCUT2D eigenvalue weighted by atomic mass is 10.1. The van der Waals surface area contributed by atoms with Crippen molar-refractivity contribution >= 4 is 17.3 Å². The van der Waals surface area contributed by atoms with Crippen LogP contribution in [-0.2, 0) is 4.79 Å². The number of hydrogen-bond acceptors (Lipinski definition) is 5. The van der Waals surface area contributed by atoms with Gasteiger partial charge in [-0.25, -0.2) is 0 Å². The molecule has 0 radical (unpaired) electrons. The minimum atomic E-state index is -0.522. The first kappa shape index (κ1) is 12.7. The standard InChI is InChI=1S/C12H18N4O2/c1-7-12(17)16(6-9(15)5-13)10-4-8(14)2-3-11(10)18-7/h2-4,7,9H,5-6,13-15H2,1H3. The summed E-state index contributed by atoms with van der Waals surface area (Å²) in [6, 6.07) is 4.94. The summed E-state index contributed by atoms with van der Waals surface area (Å²) in [4.78, 5) is 13.7. The Balaban J connectivity index is 2.37. The molecular formula is C12H18N4O2. The maximum absolute atomic E-state index is 12.1. The molecule has 0 spiro atoms. The van der Waals surface area contributed by atoms with E-state index in [4.69, 9.17) is 21.9 Å². The van der Waals surface area contributed by atoms with Crippen molar-refractivity contribution in [3.05, 3.63) is 18.2 Å². The van der Waals surface area contributed by atoms with Gasteiger partial charge in [0.05, 0.1) is 5.69 Å². The number of rotatable bonds is 3. The van der Waals surface area contributed by atoms with Gasteiger partial charge in [0.2, 0.25) is 0 Å². The number of hydrogen-bond donors (Lipinski definition) is 3. The number of carbonyl (C=O) groups excluding carboxylic acids is 1. The van der Waals surface area contributed by atoms with E-state index in [9.17, 15) is 4.79 Å². The molecule has 6 nitrogen and oxygen atoms in total. The summed E-state index contributed by atoms with van der Waals surface area (Å²) in [6.45, 7) is 2.39. The molecule has 98 valence electrons. The maximum Gasteiger partial charge on any atom is 0.267 e. The van der Waals surface area contributed by atoms with Gasteiger partial charge in [0, 0.05) is 24.8 Å². The van der Waals surface area contributed by atoms with E-state index in [-0.39, 0.29) is 11.9 Å². The number of benzene rings is 1. The third-order valence-electron chi connectivity index (χ3n) is 2.91. The maximum atomic E-state index is 12.1. The molecule has 2 rings (SSSR count). The Morgan fingerprint density at radius 2 is 2.22 bits per heavy atom. The molecule has 0 saturated carbocycles. The molecule has 6 N–H and O–H groups in total. The SMILES string of the molecule is CC1Oc2ccc(N)cc2N(CC(N)CN)C1=O. The Morgan fingerprint density at radius 3 is 2.89 bits per heavy atom. The minimum Gasteiger partial charge on any atom is -0.479 e. The van der Waals surface area contributed by atoms with Crippen LogP contribution in [-0.4, -0.2) is 31.1 Å². The smallest absolute Gasteiger partial charge is 0.267 e. The largest absolute Gasteiger partial charge is 0.479 e. The predicted molar refractivity (Wildman–Crippen MR) is 70.3 cm³/mol. The van der Waals surface area contributed by atoms with Crippen LogP contribution in [0.3, 0.4) is 0 Å². The highest BCUT2D eigenvalue weighted by molar-refractivity contribution is 6.00. The van der Waals surface area contributed by atoms with Crippen LogP contribution in [0.4, 0.5) is 11.4 Å². The summed E-state index contributed by atoms with van der Waals surface area (Å²) >= 11 is 0. The fourth-order valence-electron chi connectivity index (χ4n) is 1.92. The number of fused-ring (bicyclic) bond motifs is 1. The number of nitrogen functional groups attached to an aromatic ring is 1. The van der Waals surface area contributed by atoms with Crippen molar-refractivity contribution in [1.82, 2.24) is 0 Å². The van der Waals surface area contributed by atoms with Crippen LogP contribution in [0.15, 0.2) is 18.2 Å². The van der Waals surface area contributed by atoms with E-state index in [1.807, 2.05) is 0 Å². The second kappa shape index (κ2) is 4.83. The lowest BCUT2D eigenvalue weighted by Crippen LogP contribution is -2.51. The molecule has 0 fully saturated rings. The van der Waals surface area contributed by atoms with Crippen molar-refractivity contribution in [2.45, 2.75) is 19.1 Å². The number of anilines is 2. The molecule has 1 aliphatic heterocycles. The molecule has 1 heterocycles. The van der Waals surface area contributed by atoms with Crippen LogP contribution < -0.4 is 26.8 Å². The van der Waals surface area contributed by atoms with Gasteiger partial charge < -0.3 is 26.8 Å². The van der Waals surface area contributed by atoms with Crippen molar-refractivity contribution in [3.63, 3.8) is 0 Å². The highest BCUT2D eigenvalue weighted by Crippen LogP contribution is 2.35. The zero-order chi connectivity index (χ0) is 13.3. The van der Waals surface area contributed by atoms with Crippen LogP contribution in [0.1, 0.15) is 6.92 Å². The van der Waals surface area contributed by atoms with E-state index in [1.165, 1.54) is 0 Å². The summed E-state index contributed by atoms with van der Waals surface area (Å²) in [5.74, 6) is 0.512. The lowest BCUT2D eigenvalue weighted by Gasteiger charge is -2.34. The van der Waals surface area contributed by atoms with E-state index in [0.717, 1.165) is 0 Å². The Bertz CT molecular complexity index is 463. The molecule has 1 amide bonds. The Hall–Kier alpha value is -1.79. The Labute approximate surface area is 106 Å². The molecule has 2 atom stereocenters. The molecule has 1 aliphatic rings. The number of amides is 1. The summed E-state index contributed by atoms with van der Waals surface area (Å²) in [5.41, 5.74) is 18.3. The number of nitrogens with zero attached hydrogens (tertiary/aromatic N) is 1. The highest BCUT2D eigenvalue weighted by atomic mass is 16.5. The quantitative estimate of drug-likeness (QED) is 0.637. The summed E-state index contributed by atoms with van der Waals surface area (Å²) < 4.78 is 5.53. The van der Waals surface area contributed by atoms with Gasteiger partial charge in [0.1, 0.15) is 5.75 Å². The van der Waals surface area contributed by atoms with Crippen molar-refractivity contribution in [2.75, 3.05) is 23.7 Å². The number of carbonyl (C=O) groups is 1. The topological polar surface area (TPSA) is 108 Å². The van der Waals surface area contributed by atoms with Gasteiger partial charge in [-0.05, 0) is 25.1 Å². The van der Waals surface area contributed by atoms with Crippen LogP contribution in [0.2, 0.25) is 0 Å². The van der Waals surface area contributed by atoms with E-state index in [0.29, 0.717) is 30.2 Å². The van der Waals surface area contributed by atoms with Gasteiger partial charge >= 0.3 is 0 Å². The average molecular weight is 250 g/mol. The molecule has 1 aromatic rings. The van der Waals surface area contributed by atoms with Crippen LogP contribution in [0.25, 0.3) is 0 Å². The third kappa shape index (κ3) is 2.25. The summed E-state index contributed by atoms with van der Waals surface area (Å²) in [7, 11) is 0. The first-order valence-electron chi connectivity index (χ1n) is 5.86. The minimum absolute atomic E-state index is 0.128. The molecule has 0 saturated heterocycles. The molecule has 0 aromatic heterocycles. The molecule has 0 aliphatic carbocycles. The number of ether oxygens (including phenoxy) is 1. The van der Waals surface area contributed by atoms with Gasteiger partial charge in [-0.1, -0.05) is 0 Å². The monoisotopic (exact) mass is 250 g/mol. The molecule has 6 heteroatoms. The van der Waals surface area contributed by atoms with E-state index >= 15 is 0 Å². The van der Waals surface area contributed by atoms with Gasteiger partial charge in [-0.2, -0.15) is 0 Å². The Morgan fingerprint density at radius 1 is 1.50 bits per heavy atom. The number of nitrogens with two attached hydrogens (primary N) is 3. The first-order valence-corrected chi connectivity index (χ1v) is 5.86. The normalized spacial score (nSPS) is 20.3. The zero-order valence-corrected chi connectivity index (χ0v) is 10.3. The van der Waals surface area contributed by atoms with Gasteiger partial charge in [-0.15, -0.1) is 0 Å². The highest BCUT2D eigenvalue weighted by Gasteiger charge is 2.32. The van der Waals surface area contributed by atoms with Crippen molar-refractivity contribution in [1.29, 1.82) is 0 Å². The Kier molecular flexibility index (Phi) is 3.40. The second-order valence-electron chi connectivity index (χ2n) is 4.43. The van der Waals surface area contributed by atoms with E-state index in [2.05, 4.69) is 0 Å². The lowest BCUT2D eigenvalue weighted by molar-refractivity contribution is -0.125. The van der Waals surface area contributed by atoms with Gasteiger partial charge in [-0.3, -0.25) is 4.79 Å². The molecule has 0 bridgehead atoms. The summed E-state index contributed by atoms with van der Waals surface area (Å²) in [6.07, 6.45) is -0.522. The fourth-order valence-corrected chi connectivity index (χ4v) is 1.92. The van der Waals surface area contributed by atoms with Gasteiger partial charge in [0.25, 0.3) is 5.91 Å². The summed E-state index contributed by atoms with van der Waals surface area (Å²) in [5, 5.41) is 0. The molecule has 18 heavy (non-hydrogen) atoms. The van der Waals surface area contributed by atoms with Crippen LogP contribution in [0.5, 0.6) is 5.75 Å². The zero-order valence-electron chi connectivity index (χ0n) is 10.3. The van der Waals surface area contributed by atoms with E-state index < -0.39 is 6.10 Å². The van der Waals surface area contributed by atoms with E-state index in [1.54, 1.807) is 30.0 Å². The van der Waals surface area contributed by atoms with Crippen molar-refractivity contribution in [2.24, 2.45) is 11.5 Å². The van der Waals surface area contributed by atoms with Gasteiger partial charge in [0.15, 0.2) is 6.10 Å². The molecule has 1 aromatic carbocycles. The van der Waals surface area contributed by atoms with Crippen LogP contribution in [0, 0.1) is 0 Å². The predicted octanol–water partition coefficient (Wildman–Crippen LogP) is -0.331. The molecule has 2 unspecified atom stereocenters. The average Bonchev–Trinajstić information content (AvgIpc) is 2.35. The fraction of sp³-hybridized carbons (Fsp3) is 0.417. The van der Waals surface area contributed by atoms with Crippen molar-refractivity contribution < 1.29 is 9.53 Å². The molecular weight excluding hydrogens is 232 g/mol. The second-order valence-corrected chi connectivity index (χ2v) is 4.43. The van der Waals surface area contributed by atoms with Crippen molar-refractivity contribution in [3.8, 4) is 5.75 Å².